The lowest BCUT2D eigenvalue weighted by atomic mass is 10.5. The monoisotopic (exact) mass is 149 g/mol. The standard InChI is InChI=1S/C5H9NO4/c1-6(2-4(7)8)3-5(9)10/h2-3H2,1H3,(H,7,8)(H,9,10)/p+2. The Balaban J connectivity index is 3.53. The van der Waals surface area contributed by atoms with Crippen molar-refractivity contribution in [3.05, 3.63) is 0 Å². The number of hydrogen-bond acceptors (Lipinski definition) is 3. The van der Waals surface area contributed by atoms with Crippen molar-refractivity contribution in [2.75, 3.05) is 20.1 Å². The average Bonchev–Trinajstić information content (AvgIpc) is 1.58. The molecular formula is C5H11NO4+2. The number of likely N-dealkylation sites (N-methyl/N-ethyl adjacent to an activating group) is 1. The predicted octanol–water partition coefficient (Wildman–Crippen LogP) is -2.58. The van der Waals surface area contributed by atoms with Crippen LogP contribution in [-0.4, -0.2) is 47.2 Å². The third-order valence-corrected chi connectivity index (χ3v) is 0.827. The Morgan fingerprint density at radius 3 is 1.70 bits per heavy atom. The Labute approximate surface area is 57.9 Å². The highest BCUT2D eigenvalue weighted by Crippen LogP contribution is 1.80. The number of carbonyl (C=O) groups is 2. The van der Waals surface area contributed by atoms with Gasteiger partial charge in [-0.1, -0.05) is 0 Å². The van der Waals surface area contributed by atoms with Crippen LogP contribution in [0.2, 0.25) is 0 Å². The van der Waals surface area contributed by atoms with Crippen LogP contribution in [0.1, 0.15) is 0 Å². The highest BCUT2D eigenvalue weighted by atomic mass is 16.4. The van der Waals surface area contributed by atoms with Crippen molar-refractivity contribution in [3.63, 3.8) is 0 Å². The van der Waals surface area contributed by atoms with Gasteiger partial charge < -0.3 is 10.2 Å². The summed E-state index contributed by atoms with van der Waals surface area (Å²) < 4.78 is 0. The van der Waals surface area contributed by atoms with Crippen LogP contribution in [0.15, 0.2) is 0 Å². The molecule has 10 heavy (non-hydrogen) atoms. The summed E-state index contributed by atoms with van der Waals surface area (Å²) in [4.78, 5) is 21.5. The minimum Gasteiger partial charge on any atom is -0.564 e. The molecule has 0 bridgehead atoms. The van der Waals surface area contributed by atoms with Gasteiger partial charge in [0.15, 0.2) is 13.1 Å². The van der Waals surface area contributed by atoms with Crippen molar-refractivity contribution in [1.29, 1.82) is 0 Å². The Bertz CT molecular complexity index is 129. The van der Waals surface area contributed by atoms with Gasteiger partial charge in [-0.3, -0.25) is 4.90 Å². The third kappa shape index (κ3) is 5.04. The van der Waals surface area contributed by atoms with E-state index >= 15 is 0 Å². The summed E-state index contributed by atoms with van der Waals surface area (Å²) in [6, 6.07) is 0. The third-order valence-electron chi connectivity index (χ3n) is 0.827. The first-order chi connectivity index (χ1) is 4.52. The van der Waals surface area contributed by atoms with E-state index in [0.29, 0.717) is 0 Å². The fourth-order valence-corrected chi connectivity index (χ4v) is 0.546. The van der Waals surface area contributed by atoms with Gasteiger partial charge in [-0.2, -0.15) is 0 Å². The molecule has 0 unspecified atom stereocenters. The summed E-state index contributed by atoms with van der Waals surface area (Å²) in [5.74, 6) is -1.49. The van der Waals surface area contributed by atoms with Gasteiger partial charge in [0, 0.05) is 9.59 Å². The second kappa shape index (κ2) is 3.84. The van der Waals surface area contributed by atoms with E-state index in [4.69, 9.17) is 10.2 Å². The van der Waals surface area contributed by atoms with Crippen LogP contribution in [0.5, 0.6) is 0 Å². The Kier molecular flexibility index (Phi) is 3.42. The summed E-state index contributed by atoms with van der Waals surface area (Å²) in [6.45, 7) is -0.185. The van der Waals surface area contributed by atoms with Crippen molar-refractivity contribution in [3.8, 4) is 0 Å². The number of nitrogens with zero attached hydrogens (tertiary/aromatic N) is 1. The lowest BCUT2D eigenvalue weighted by Crippen LogP contribution is -2.30. The molecule has 0 aromatic heterocycles. The zero-order valence-electron chi connectivity index (χ0n) is 5.68. The van der Waals surface area contributed by atoms with E-state index in [1.165, 1.54) is 11.9 Å². The van der Waals surface area contributed by atoms with Crippen molar-refractivity contribution < 1.29 is 19.8 Å². The topological polar surface area (TPSA) is 83.2 Å². The Morgan fingerprint density at radius 2 is 1.50 bits per heavy atom. The molecule has 0 atom stereocenters. The van der Waals surface area contributed by atoms with Gasteiger partial charge in [-0.15, -0.1) is 0 Å². The summed E-state index contributed by atoms with van der Waals surface area (Å²) in [5.41, 5.74) is 0. The van der Waals surface area contributed by atoms with E-state index < -0.39 is 11.9 Å². The molecule has 58 valence electrons. The molecule has 4 N–H and O–H groups in total. The Hall–Kier alpha value is -1.10. The minimum absolute atomic E-state index is 0.0926. The van der Waals surface area contributed by atoms with E-state index in [0.717, 1.165) is 0 Å². The second-order valence-electron chi connectivity index (χ2n) is 2.02. The summed E-state index contributed by atoms with van der Waals surface area (Å²) in [7, 11) is 1.51. The van der Waals surface area contributed by atoms with Gasteiger partial charge in [0.25, 0.3) is 0 Å². The van der Waals surface area contributed by atoms with Crippen LogP contribution >= 0.6 is 0 Å². The van der Waals surface area contributed by atoms with E-state index in [-0.39, 0.29) is 13.1 Å². The largest absolute Gasteiger partial charge is 0.564 e. The predicted molar refractivity (Wildman–Crippen MR) is 34.7 cm³/mol. The summed E-state index contributed by atoms with van der Waals surface area (Å²) in [5, 5.41) is 13.0. The SMILES string of the molecule is CN(CC(=O)[OH2+])CC(=O)[OH2+]. The van der Waals surface area contributed by atoms with Gasteiger partial charge in [-0.25, -0.2) is 0 Å². The number of rotatable bonds is 4. The van der Waals surface area contributed by atoms with Gasteiger partial charge in [-0.05, 0) is 7.05 Å². The van der Waals surface area contributed by atoms with Crippen LogP contribution in [0, 0.1) is 0 Å². The van der Waals surface area contributed by atoms with Crippen LogP contribution < -0.4 is 0 Å². The minimum atomic E-state index is -0.747. The maximum absolute atomic E-state index is 10.1. The number of hydrogen-bond donors (Lipinski definition) is 0. The van der Waals surface area contributed by atoms with E-state index in [1.54, 1.807) is 0 Å². The molecule has 0 spiro atoms. The molecular weight excluding hydrogens is 138 g/mol. The molecule has 0 heterocycles. The molecule has 0 radical (unpaired) electrons. The van der Waals surface area contributed by atoms with Crippen molar-refractivity contribution in [2.24, 2.45) is 0 Å². The molecule has 0 amide bonds. The quantitative estimate of drug-likeness (QED) is 0.411. The maximum Gasteiger partial charge on any atom is 0.530 e. The zero-order valence-corrected chi connectivity index (χ0v) is 5.68. The van der Waals surface area contributed by atoms with Gasteiger partial charge in [0.1, 0.15) is 0 Å². The maximum atomic E-state index is 10.1. The molecule has 5 heteroatoms. The van der Waals surface area contributed by atoms with E-state index in [1.807, 2.05) is 0 Å². The molecule has 0 aliphatic heterocycles. The highest BCUT2D eigenvalue weighted by molar-refractivity contribution is 5.72. The zero-order chi connectivity index (χ0) is 8.15. The molecule has 0 aromatic carbocycles. The first kappa shape index (κ1) is 8.90. The summed E-state index contributed by atoms with van der Waals surface area (Å²) in [6.07, 6.45) is 0. The van der Waals surface area contributed by atoms with Gasteiger partial charge in [0.2, 0.25) is 0 Å². The highest BCUT2D eigenvalue weighted by Gasteiger charge is 2.16. The van der Waals surface area contributed by atoms with Crippen molar-refractivity contribution in [2.45, 2.75) is 0 Å². The molecule has 0 saturated carbocycles. The lowest BCUT2D eigenvalue weighted by Gasteiger charge is -2.03. The summed E-state index contributed by atoms with van der Waals surface area (Å²) >= 11 is 0. The van der Waals surface area contributed by atoms with Gasteiger partial charge >= 0.3 is 11.9 Å². The lowest BCUT2D eigenvalue weighted by molar-refractivity contribution is -0.141. The van der Waals surface area contributed by atoms with Crippen LogP contribution in [0.25, 0.3) is 0 Å². The second-order valence-corrected chi connectivity index (χ2v) is 2.02. The average molecular weight is 149 g/mol. The molecule has 0 aliphatic rings. The molecule has 0 fully saturated rings. The first-order valence-electron chi connectivity index (χ1n) is 2.70. The van der Waals surface area contributed by atoms with Gasteiger partial charge in [0.05, 0.1) is 0 Å². The van der Waals surface area contributed by atoms with Crippen LogP contribution in [-0.2, 0) is 9.59 Å². The normalized spacial score (nSPS) is 9.80. The van der Waals surface area contributed by atoms with E-state index in [2.05, 4.69) is 0 Å². The molecule has 0 saturated heterocycles. The fourth-order valence-electron chi connectivity index (χ4n) is 0.546. The van der Waals surface area contributed by atoms with Crippen molar-refractivity contribution in [1.82, 2.24) is 4.90 Å². The number of carbonyl (C=O) groups excluding carboxylic acids is 2. The fraction of sp³-hybridized carbons (Fsp3) is 0.600. The molecule has 0 aromatic rings. The first-order valence-corrected chi connectivity index (χ1v) is 2.70. The van der Waals surface area contributed by atoms with E-state index in [9.17, 15) is 9.59 Å². The Morgan fingerprint density at radius 1 is 1.20 bits per heavy atom. The van der Waals surface area contributed by atoms with Crippen LogP contribution in [0.3, 0.4) is 0 Å². The van der Waals surface area contributed by atoms with Crippen LogP contribution in [0.4, 0.5) is 0 Å². The van der Waals surface area contributed by atoms with Crippen molar-refractivity contribution >= 4 is 11.9 Å². The molecule has 5 nitrogen and oxygen atoms in total. The smallest absolute Gasteiger partial charge is 0.530 e. The molecule has 0 rings (SSSR count). The molecule has 0 aliphatic carbocycles.